The van der Waals surface area contributed by atoms with Crippen LogP contribution < -0.4 is 0 Å². The number of hydrogen-bond donors (Lipinski definition) is 0. The van der Waals surface area contributed by atoms with Crippen molar-refractivity contribution in [3.63, 3.8) is 0 Å². The topological polar surface area (TPSA) is 76.6 Å². The van der Waals surface area contributed by atoms with Gasteiger partial charge in [0, 0.05) is 24.2 Å². The smallest absolute Gasteiger partial charge is 0.270 e. The van der Waals surface area contributed by atoms with Crippen LogP contribution in [0.2, 0.25) is 0 Å². The van der Waals surface area contributed by atoms with Gasteiger partial charge in [-0.15, -0.1) is 0 Å². The Morgan fingerprint density at radius 3 is 2.43 bits per heavy atom. The lowest BCUT2D eigenvalue weighted by molar-refractivity contribution is -0.384. The molecule has 6 nitrogen and oxygen atoms in total. The van der Waals surface area contributed by atoms with Crippen molar-refractivity contribution in [2.75, 3.05) is 0 Å². The number of hydrogen-bond acceptors (Lipinski definition) is 4. The van der Waals surface area contributed by atoms with Crippen molar-refractivity contribution < 1.29 is 14.1 Å². The fraction of sp³-hybridized carbons (Fsp3) is 0.227. The van der Waals surface area contributed by atoms with Crippen molar-refractivity contribution in [2.24, 2.45) is 0 Å². The molecule has 3 rings (SSSR count). The number of nitro benzene ring substituents is 1. The zero-order chi connectivity index (χ0) is 20.1. The van der Waals surface area contributed by atoms with Crippen LogP contribution in [0, 0.1) is 10.1 Å². The van der Waals surface area contributed by atoms with E-state index < -0.39 is 4.92 Å². The van der Waals surface area contributed by atoms with Crippen molar-refractivity contribution in [3.05, 3.63) is 99.5 Å². The third-order valence-electron chi connectivity index (χ3n) is 4.54. The monoisotopic (exact) mass is 378 g/mol. The van der Waals surface area contributed by atoms with Gasteiger partial charge in [-0.3, -0.25) is 14.9 Å². The lowest BCUT2D eigenvalue weighted by Gasteiger charge is -2.22. The van der Waals surface area contributed by atoms with E-state index in [4.69, 9.17) is 4.42 Å². The summed E-state index contributed by atoms with van der Waals surface area (Å²) >= 11 is 0. The highest BCUT2D eigenvalue weighted by molar-refractivity contribution is 5.94. The summed E-state index contributed by atoms with van der Waals surface area (Å²) in [5, 5.41) is 11.0. The Morgan fingerprint density at radius 1 is 1.07 bits per heavy atom. The number of furan rings is 1. The number of benzene rings is 2. The third kappa shape index (κ3) is 4.65. The van der Waals surface area contributed by atoms with Crippen LogP contribution in [0.1, 0.15) is 47.0 Å². The molecular formula is C22H22N2O4. The van der Waals surface area contributed by atoms with Crippen LogP contribution >= 0.6 is 0 Å². The van der Waals surface area contributed by atoms with E-state index in [-0.39, 0.29) is 23.7 Å². The summed E-state index contributed by atoms with van der Waals surface area (Å²) in [5.74, 6) is 0.797. The van der Waals surface area contributed by atoms with Crippen LogP contribution in [0.15, 0.2) is 71.3 Å². The lowest BCUT2D eigenvalue weighted by atomic mass is 10.0. The highest BCUT2D eigenvalue weighted by Gasteiger charge is 2.20. The van der Waals surface area contributed by atoms with Crippen LogP contribution in [-0.2, 0) is 13.1 Å². The van der Waals surface area contributed by atoms with E-state index in [1.807, 2.05) is 12.1 Å². The van der Waals surface area contributed by atoms with Gasteiger partial charge in [0.05, 0.1) is 17.7 Å². The second-order valence-corrected chi connectivity index (χ2v) is 6.94. The molecule has 0 unspecified atom stereocenters. The molecule has 2 aromatic carbocycles. The molecule has 0 N–H and O–H groups in total. The summed E-state index contributed by atoms with van der Waals surface area (Å²) in [6.07, 6.45) is 1.56. The Hall–Kier alpha value is -3.41. The van der Waals surface area contributed by atoms with Crippen LogP contribution in [0.3, 0.4) is 0 Å². The van der Waals surface area contributed by atoms with E-state index in [1.165, 1.54) is 23.8 Å². The molecule has 1 aromatic heterocycles. The third-order valence-corrected chi connectivity index (χ3v) is 4.54. The molecule has 0 bridgehead atoms. The van der Waals surface area contributed by atoms with E-state index in [2.05, 4.69) is 26.0 Å². The van der Waals surface area contributed by atoms with Gasteiger partial charge >= 0.3 is 0 Å². The van der Waals surface area contributed by atoms with Crippen molar-refractivity contribution in [1.82, 2.24) is 4.90 Å². The van der Waals surface area contributed by atoms with Crippen LogP contribution in [0.4, 0.5) is 5.69 Å². The first kappa shape index (κ1) is 19.4. The summed E-state index contributed by atoms with van der Waals surface area (Å²) in [7, 11) is 0. The van der Waals surface area contributed by atoms with Crippen LogP contribution in [-0.4, -0.2) is 15.7 Å². The lowest BCUT2D eigenvalue weighted by Crippen LogP contribution is -2.30. The van der Waals surface area contributed by atoms with Crippen molar-refractivity contribution in [1.29, 1.82) is 0 Å². The summed E-state index contributed by atoms with van der Waals surface area (Å²) in [5.41, 5.74) is 2.38. The first-order valence-electron chi connectivity index (χ1n) is 9.09. The van der Waals surface area contributed by atoms with Crippen LogP contribution in [0.25, 0.3) is 0 Å². The van der Waals surface area contributed by atoms with Gasteiger partial charge in [0.1, 0.15) is 5.76 Å². The first-order chi connectivity index (χ1) is 13.4. The molecule has 6 heteroatoms. The van der Waals surface area contributed by atoms with Gasteiger partial charge in [-0.1, -0.05) is 44.2 Å². The number of rotatable bonds is 7. The Bertz CT molecular complexity index is 947. The quantitative estimate of drug-likeness (QED) is 0.421. The van der Waals surface area contributed by atoms with Gasteiger partial charge < -0.3 is 9.32 Å². The number of carbonyl (C=O) groups is 1. The van der Waals surface area contributed by atoms with Gasteiger partial charge in [0.25, 0.3) is 11.6 Å². The molecule has 0 saturated heterocycles. The largest absolute Gasteiger partial charge is 0.467 e. The Morgan fingerprint density at radius 2 is 1.82 bits per heavy atom. The number of nitrogens with zero attached hydrogens (tertiary/aromatic N) is 2. The maximum Gasteiger partial charge on any atom is 0.270 e. The molecule has 1 heterocycles. The molecule has 0 spiro atoms. The van der Waals surface area contributed by atoms with Gasteiger partial charge in [0.2, 0.25) is 0 Å². The second kappa shape index (κ2) is 8.52. The second-order valence-electron chi connectivity index (χ2n) is 6.94. The van der Waals surface area contributed by atoms with Crippen LogP contribution in [0.5, 0.6) is 0 Å². The predicted octanol–water partition coefficient (Wildman–Crippen LogP) is 5.15. The molecular weight excluding hydrogens is 356 g/mol. The first-order valence-corrected chi connectivity index (χ1v) is 9.09. The molecule has 28 heavy (non-hydrogen) atoms. The zero-order valence-corrected chi connectivity index (χ0v) is 15.9. The zero-order valence-electron chi connectivity index (χ0n) is 15.9. The maximum absolute atomic E-state index is 13.1. The number of amides is 1. The molecule has 3 aromatic rings. The highest BCUT2D eigenvalue weighted by Crippen LogP contribution is 2.20. The Balaban J connectivity index is 1.87. The molecule has 1 amide bonds. The Labute approximate surface area is 163 Å². The average molecular weight is 378 g/mol. The van der Waals surface area contributed by atoms with E-state index in [0.717, 1.165) is 5.56 Å². The predicted molar refractivity (Wildman–Crippen MR) is 106 cm³/mol. The molecule has 0 atom stereocenters. The number of nitro groups is 1. The van der Waals surface area contributed by atoms with E-state index in [1.54, 1.807) is 29.4 Å². The molecule has 0 aliphatic heterocycles. The van der Waals surface area contributed by atoms with E-state index >= 15 is 0 Å². The van der Waals surface area contributed by atoms with Gasteiger partial charge in [0.15, 0.2) is 0 Å². The van der Waals surface area contributed by atoms with Gasteiger partial charge in [-0.05, 0) is 35.2 Å². The standard InChI is InChI=1S/C22H22N2O4/c1-16(2)18-10-8-17(9-11-18)14-23(15-21-7-4-12-28-21)22(25)19-5-3-6-20(13-19)24(26)27/h3-13,16H,14-15H2,1-2H3. The SMILES string of the molecule is CC(C)c1ccc(CN(Cc2ccco2)C(=O)c2cccc([N+](=O)[O-])c2)cc1. The van der Waals surface area contributed by atoms with Crippen molar-refractivity contribution in [3.8, 4) is 0 Å². The molecule has 0 radical (unpaired) electrons. The Kier molecular flexibility index (Phi) is 5.89. The summed E-state index contributed by atoms with van der Waals surface area (Å²) in [6.45, 7) is 4.91. The molecule has 0 aliphatic carbocycles. The fourth-order valence-corrected chi connectivity index (χ4v) is 2.95. The molecule has 0 saturated carbocycles. The van der Waals surface area contributed by atoms with E-state index in [9.17, 15) is 14.9 Å². The minimum Gasteiger partial charge on any atom is -0.467 e. The molecule has 0 fully saturated rings. The average Bonchev–Trinajstić information content (AvgIpc) is 3.20. The number of carbonyl (C=O) groups excluding carboxylic acids is 1. The highest BCUT2D eigenvalue weighted by atomic mass is 16.6. The van der Waals surface area contributed by atoms with Gasteiger partial charge in [-0.25, -0.2) is 0 Å². The number of non-ortho nitro benzene ring substituents is 1. The molecule has 0 aliphatic rings. The van der Waals surface area contributed by atoms with Crippen molar-refractivity contribution >= 4 is 11.6 Å². The molecule has 144 valence electrons. The minimum atomic E-state index is -0.502. The minimum absolute atomic E-state index is 0.106. The van der Waals surface area contributed by atoms with E-state index in [0.29, 0.717) is 18.2 Å². The summed E-state index contributed by atoms with van der Waals surface area (Å²) in [6, 6.07) is 17.5. The summed E-state index contributed by atoms with van der Waals surface area (Å²) < 4.78 is 5.40. The van der Waals surface area contributed by atoms with Gasteiger partial charge in [-0.2, -0.15) is 0 Å². The van der Waals surface area contributed by atoms with Crippen molar-refractivity contribution in [2.45, 2.75) is 32.9 Å². The maximum atomic E-state index is 13.1. The fourth-order valence-electron chi connectivity index (χ4n) is 2.95. The summed E-state index contributed by atoms with van der Waals surface area (Å²) in [4.78, 5) is 25.3. The normalized spacial score (nSPS) is 10.8.